The largest absolute Gasteiger partial charge is 0.495 e. The third-order valence-corrected chi connectivity index (χ3v) is 6.46. The number of para-hydroxylation sites is 2. The maximum absolute atomic E-state index is 12.7. The summed E-state index contributed by atoms with van der Waals surface area (Å²) in [6.07, 6.45) is 1.63. The molecule has 0 aliphatic rings. The Bertz CT molecular complexity index is 1080. The van der Waals surface area contributed by atoms with Crippen LogP contribution in [0.2, 0.25) is 0 Å². The Balaban J connectivity index is 1.59. The number of hydrogen-bond acceptors (Lipinski definition) is 6. The minimum atomic E-state index is -3.88. The molecule has 3 aromatic rings. The van der Waals surface area contributed by atoms with Crippen LogP contribution in [0.25, 0.3) is 0 Å². The van der Waals surface area contributed by atoms with Gasteiger partial charge in [0, 0.05) is 17.9 Å². The van der Waals surface area contributed by atoms with Crippen LogP contribution in [-0.2, 0) is 15.8 Å². The summed E-state index contributed by atoms with van der Waals surface area (Å²) >= 11 is 1.63. The van der Waals surface area contributed by atoms with Crippen molar-refractivity contribution in [2.45, 2.75) is 10.6 Å². The lowest BCUT2D eigenvalue weighted by atomic mass is 10.2. The summed E-state index contributed by atoms with van der Waals surface area (Å²) in [5.41, 5.74) is 0.595. The number of carbonyl (C=O) groups excluding carboxylic acids is 1. The van der Waals surface area contributed by atoms with Crippen molar-refractivity contribution >= 4 is 33.4 Å². The van der Waals surface area contributed by atoms with Crippen molar-refractivity contribution in [1.82, 2.24) is 5.32 Å². The van der Waals surface area contributed by atoms with Gasteiger partial charge in [0.2, 0.25) is 0 Å². The highest BCUT2D eigenvalue weighted by Crippen LogP contribution is 2.26. The molecule has 0 aliphatic heterocycles. The van der Waals surface area contributed by atoms with E-state index in [-0.39, 0.29) is 16.4 Å². The SMILES string of the molecule is COc1ccccc1NS(=O)(=O)c1cccc(C(=O)NCCSCc2ccco2)c1. The molecule has 0 unspecified atom stereocenters. The van der Waals surface area contributed by atoms with Gasteiger partial charge in [0.1, 0.15) is 11.5 Å². The summed E-state index contributed by atoms with van der Waals surface area (Å²) in [5, 5.41) is 2.80. The van der Waals surface area contributed by atoms with E-state index in [9.17, 15) is 13.2 Å². The molecule has 1 heterocycles. The molecule has 1 amide bonds. The number of furan rings is 1. The monoisotopic (exact) mass is 446 g/mol. The fraction of sp³-hybridized carbons (Fsp3) is 0.190. The Morgan fingerprint density at radius 1 is 1.10 bits per heavy atom. The number of anilines is 1. The van der Waals surface area contributed by atoms with E-state index in [1.165, 1.54) is 25.3 Å². The summed E-state index contributed by atoms with van der Waals surface area (Å²) in [7, 11) is -2.42. The molecule has 2 N–H and O–H groups in total. The van der Waals surface area contributed by atoms with Crippen LogP contribution >= 0.6 is 11.8 Å². The number of ether oxygens (including phenoxy) is 1. The molecule has 9 heteroatoms. The molecule has 0 fully saturated rings. The van der Waals surface area contributed by atoms with Crippen molar-refractivity contribution in [3.8, 4) is 5.75 Å². The predicted octanol–water partition coefficient (Wildman–Crippen LogP) is 3.75. The molecule has 7 nitrogen and oxygen atoms in total. The van der Waals surface area contributed by atoms with Crippen LogP contribution in [0, 0.1) is 0 Å². The zero-order valence-electron chi connectivity index (χ0n) is 16.3. The first-order valence-electron chi connectivity index (χ1n) is 9.14. The molecule has 0 atom stereocenters. The van der Waals surface area contributed by atoms with Crippen LogP contribution in [0.3, 0.4) is 0 Å². The van der Waals surface area contributed by atoms with E-state index in [0.717, 1.165) is 11.5 Å². The normalized spacial score (nSPS) is 11.1. The third kappa shape index (κ3) is 5.80. The third-order valence-electron chi connectivity index (χ3n) is 4.11. The van der Waals surface area contributed by atoms with E-state index in [1.807, 2.05) is 12.1 Å². The number of thioether (sulfide) groups is 1. The minimum absolute atomic E-state index is 0.00625. The first-order chi connectivity index (χ1) is 14.5. The number of carbonyl (C=O) groups is 1. The van der Waals surface area contributed by atoms with Gasteiger partial charge >= 0.3 is 0 Å². The quantitative estimate of drug-likeness (QED) is 0.460. The molecular formula is C21H22N2O5S2. The highest BCUT2D eigenvalue weighted by molar-refractivity contribution is 7.98. The second-order valence-electron chi connectivity index (χ2n) is 6.22. The van der Waals surface area contributed by atoms with Gasteiger partial charge in [-0.05, 0) is 42.5 Å². The topological polar surface area (TPSA) is 97.6 Å². The van der Waals surface area contributed by atoms with Crippen LogP contribution in [-0.4, -0.2) is 33.7 Å². The lowest BCUT2D eigenvalue weighted by Gasteiger charge is -2.12. The fourth-order valence-electron chi connectivity index (χ4n) is 2.64. The van der Waals surface area contributed by atoms with Crippen molar-refractivity contribution in [3.63, 3.8) is 0 Å². The van der Waals surface area contributed by atoms with Crippen molar-refractivity contribution in [1.29, 1.82) is 0 Å². The van der Waals surface area contributed by atoms with Crippen LogP contribution in [0.15, 0.2) is 76.2 Å². The number of rotatable bonds is 10. The van der Waals surface area contributed by atoms with Gasteiger partial charge in [-0.15, -0.1) is 0 Å². The maximum atomic E-state index is 12.7. The van der Waals surface area contributed by atoms with Crippen LogP contribution in [0.1, 0.15) is 16.1 Å². The standard InChI is InChI=1S/C21H22N2O5S2/c1-27-20-10-3-2-9-19(20)23-30(25,26)18-8-4-6-16(14-18)21(24)22-11-13-29-15-17-7-5-12-28-17/h2-10,12,14,23H,11,13,15H2,1H3,(H,22,24). The molecule has 0 spiro atoms. The van der Waals surface area contributed by atoms with Gasteiger partial charge in [-0.1, -0.05) is 18.2 Å². The van der Waals surface area contributed by atoms with Gasteiger partial charge in [0.25, 0.3) is 15.9 Å². The molecule has 0 bridgehead atoms. The number of methoxy groups -OCH3 is 1. The summed E-state index contributed by atoms with van der Waals surface area (Å²) in [5.74, 6) is 2.39. The molecule has 0 saturated carbocycles. The Kier molecular flexibility index (Phi) is 7.42. The van der Waals surface area contributed by atoms with E-state index in [0.29, 0.717) is 23.7 Å². The summed E-state index contributed by atoms with van der Waals surface area (Å²) in [6, 6.07) is 16.3. The smallest absolute Gasteiger partial charge is 0.262 e. The summed E-state index contributed by atoms with van der Waals surface area (Å²) < 4.78 is 38.4. The van der Waals surface area contributed by atoms with Crippen LogP contribution in [0.5, 0.6) is 5.75 Å². The van der Waals surface area contributed by atoms with Gasteiger partial charge in [-0.25, -0.2) is 8.42 Å². The van der Waals surface area contributed by atoms with Crippen LogP contribution in [0.4, 0.5) is 5.69 Å². The number of benzene rings is 2. The predicted molar refractivity (Wildman–Crippen MR) is 117 cm³/mol. The van der Waals surface area contributed by atoms with E-state index < -0.39 is 10.0 Å². The first-order valence-corrected chi connectivity index (χ1v) is 11.8. The second kappa shape index (κ2) is 10.2. The molecule has 30 heavy (non-hydrogen) atoms. The first kappa shape index (κ1) is 21.8. The molecule has 0 saturated heterocycles. The summed E-state index contributed by atoms with van der Waals surface area (Å²) in [4.78, 5) is 12.4. The zero-order chi connectivity index (χ0) is 21.4. The van der Waals surface area contributed by atoms with E-state index in [4.69, 9.17) is 9.15 Å². The molecule has 0 aliphatic carbocycles. The van der Waals surface area contributed by atoms with Crippen LogP contribution < -0.4 is 14.8 Å². The van der Waals surface area contributed by atoms with Gasteiger partial charge in [0.05, 0.1) is 29.7 Å². The molecular weight excluding hydrogens is 424 g/mol. The van der Waals surface area contributed by atoms with Gasteiger partial charge in [-0.3, -0.25) is 9.52 Å². The van der Waals surface area contributed by atoms with E-state index in [2.05, 4.69) is 10.0 Å². The molecule has 2 aromatic carbocycles. The van der Waals surface area contributed by atoms with Gasteiger partial charge in [-0.2, -0.15) is 11.8 Å². The number of nitrogens with one attached hydrogen (secondary N) is 2. The minimum Gasteiger partial charge on any atom is -0.495 e. The van der Waals surface area contributed by atoms with Gasteiger partial charge < -0.3 is 14.5 Å². The van der Waals surface area contributed by atoms with Gasteiger partial charge in [0.15, 0.2) is 0 Å². The van der Waals surface area contributed by atoms with Crippen molar-refractivity contribution in [2.24, 2.45) is 0 Å². The van der Waals surface area contributed by atoms with Crippen molar-refractivity contribution in [3.05, 3.63) is 78.3 Å². The molecule has 0 radical (unpaired) electrons. The number of amides is 1. The summed E-state index contributed by atoms with van der Waals surface area (Å²) in [6.45, 7) is 0.459. The molecule has 3 rings (SSSR count). The van der Waals surface area contributed by atoms with Crippen molar-refractivity contribution < 1.29 is 22.4 Å². The van der Waals surface area contributed by atoms with E-state index >= 15 is 0 Å². The highest BCUT2D eigenvalue weighted by Gasteiger charge is 2.18. The Morgan fingerprint density at radius 3 is 2.70 bits per heavy atom. The average Bonchev–Trinajstić information content (AvgIpc) is 3.27. The number of sulfonamides is 1. The second-order valence-corrected chi connectivity index (χ2v) is 9.01. The molecule has 158 valence electrons. The van der Waals surface area contributed by atoms with Crippen molar-refractivity contribution in [2.75, 3.05) is 24.1 Å². The Labute approximate surface area is 179 Å². The fourth-order valence-corrected chi connectivity index (χ4v) is 4.52. The zero-order valence-corrected chi connectivity index (χ0v) is 18.0. The number of hydrogen-bond donors (Lipinski definition) is 2. The maximum Gasteiger partial charge on any atom is 0.262 e. The molecule has 1 aromatic heterocycles. The Hall–Kier alpha value is -2.91. The average molecular weight is 447 g/mol. The lowest BCUT2D eigenvalue weighted by molar-refractivity contribution is 0.0956. The highest BCUT2D eigenvalue weighted by atomic mass is 32.2. The van der Waals surface area contributed by atoms with E-state index in [1.54, 1.807) is 48.4 Å². The Morgan fingerprint density at radius 2 is 1.93 bits per heavy atom. The lowest BCUT2D eigenvalue weighted by Crippen LogP contribution is -2.26.